The minimum Gasteiger partial charge on any atom is -0.471 e. The molecule has 5 heteroatoms. The molecule has 1 aromatic heterocycles. The standard InChI is InChI=1S/C14H14N2O3/c1-9-4-11(15)14(16-6-9)17-7-10-2-3-12-13(5-10)19-8-18-12/h2-6H,7-8,15H2,1H3. The number of nitrogens with two attached hydrogens (primary N) is 1. The van der Waals surface area contributed by atoms with Gasteiger partial charge in [-0.1, -0.05) is 6.07 Å². The number of aryl methyl sites for hydroxylation is 1. The predicted molar refractivity (Wildman–Crippen MR) is 70.3 cm³/mol. The molecule has 1 aliphatic rings. The van der Waals surface area contributed by atoms with Crippen LogP contribution >= 0.6 is 0 Å². The molecule has 0 fully saturated rings. The minimum atomic E-state index is 0.270. The second-order valence-corrected chi connectivity index (χ2v) is 4.38. The van der Waals surface area contributed by atoms with Crippen molar-refractivity contribution in [3.8, 4) is 17.4 Å². The van der Waals surface area contributed by atoms with E-state index in [9.17, 15) is 0 Å². The Labute approximate surface area is 110 Å². The maximum absolute atomic E-state index is 5.84. The molecule has 2 N–H and O–H groups in total. The topological polar surface area (TPSA) is 66.6 Å². The summed E-state index contributed by atoms with van der Waals surface area (Å²) in [5.74, 6) is 1.95. The summed E-state index contributed by atoms with van der Waals surface area (Å²) in [6, 6.07) is 7.53. The third-order valence-electron chi connectivity index (χ3n) is 2.83. The van der Waals surface area contributed by atoms with Gasteiger partial charge in [-0.05, 0) is 36.2 Å². The van der Waals surface area contributed by atoms with Crippen molar-refractivity contribution in [1.29, 1.82) is 0 Å². The summed E-state index contributed by atoms with van der Waals surface area (Å²) in [5, 5.41) is 0. The van der Waals surface area contributed by atoms with E-state index < -0.39 is 0 Å². The average molecular weight is 258 g/mol. The number of rotatable bonds is 3. The molecule has 5 nitrogen and oxygen atoms in total. The van der Waals surface area contributed by atoms with Gasteiger partial charge in [-0.3, -0.25) is 0 Å². The van der Waals surface area contributed by atoms with Crippen molar-refractivity contribution in [2.24, 2.45) is 0 Å². The SMILES string of the molecule is Cc1cnc(OCc2ccc3c(c2)OCO3)c(N)c1. The number of hydrogen-bond donors (Lipinski definition) is 1. The number of nitrogens with zero attached hydrogens (tertiary/aromatic N) is 1. The second kappa shape index (κ2) is 4.68. The summed E-state index contributed by atoms with van der Waals surface area (Å²) >= 11 is 0. The number of hydrogen-bond acceptors (Lipinski definition) is 5. The fraction of sp³-hybridized carbons (Fsp3) is 0.214. The molecule has 0 unspecified atom stereocenters. The molecule has 0 bridgehead atoms. The van der Waals surface area contributed by atoms with Crippen molar-refractivity contribution in [2.75, 3.05) is 12.5 Å². The molecular formula is C14H14N2O3. The molecule has 0 amide bonds. The lowest BCUT2D eigenvalue weighted by molar-refractivity contribution is 0.174. The Morgan fingerprint density at radius 3 is 2.95 bits per heavy atom. The molecule has 19 heavy (non-hydrogen) atoms. The number of nitrogen functional groups attached to an aromatic ring is 1. The summed E-state index contributed by atoms with van der Waals surface area (Å²) in [6.07, 6.45) is 1.73. The van der Waals surface area contributed by atoms with Gasteiger partial charge in [0.25, 0.3) is 0 Å². The molecule has 0 atom stereocenters. The normalized spacial score (nSPS) is 12.5. The minimum absolute atomic E-state index is 0.270. The summed E-state index contributed by atoms with van der Waals surface area (Å²) in [4.78, 5) is 4.16. The first kappa shape index (κ1) is 11.6. The van der Waals surface area contributed by atoms with Crippen LogP contribution in [0, 0.1) is 6.92 Å². The highest BCUT2D eigenvalue weighted by Crippen LogP contribution is 2.32. The molecule has 3 rings (SSSR count). The van der Waals surface area contributed by atoms with Crippen molar-refractivity contribution in [3.63, 3.8) is 0 Å². The lowest BCUT2D eigenvalue weighted by Crippen LogP contribution is -2.01. The average Bonchev–Trinajstić information content (AvgIpc) is 2.85. The van der Waals surface area contributed by atoms with Crippen LogP contribution in [0.5, 0.6) is 17.4 Å². The van der Waals surface area contributed by atoms with Crippen molar-refractivity contribution >= 4 is 5.69 Å². The molecule has 0 saturated heterocycles. The highest BCUT2D eigenvalue weighted by molar-refractivity contribution is 5.49. The first-order valence-corrected chi connectivity index (χ1v) is 5.96. The van der Waals surface area contributed by atoms with Crippen molar-refractivity contribution in [1.82, 2.24) is 4.98 Å². The largest absolute Gasteiger partial charge is 0.471 e. The van der Waals surface area contributed by atoms with E-state index in [4.69, 9.17) is 19.9 Å². The number of ether oxygens (including phenoxy) is 3. The zero-order chi connectivity index (χ0) is 13.2. The predicted octanol–water partition coefficient (Wildman–Crippen LogP) is 2.28. The number of pyridine rings is 1. The third-order valence-corrected chi connectivity index (χ3v) is 2.83. The summed E-state index contributed by atoms with van der Waals surface area (Å²) in [7, 11) is 0. The van der Waals surface area contributed by atoms with Crippen LogP contribution in [0.25, 0.3) is 0 Å². The molecule has 1 aromatic carbocycles. The summed E-state index contributed by atoms with van der Waals surface area (Å²) in [5.41, 5.74) is 8.37. The van der Waals surface area contributed by atoms with Crippen molar-refractivity contribution < 1.29 is 14.2 Å². The molecule has 2 aromatic rings. The van der Waals surface area contributed by atoms with Gasteiger partial charge in [0.15, 0.2) is 11.5 Å². The van der Waals surface area contributed by atoms with Crippen LogP contribution < -0.4 is 19.9 Å². The summed E-state index contributed by atoms with van der Waals surface area (Å²) in [6.45, 7) is 2.59. The van der Waals surface area contributed by atoms with Gasteiger partial charge < -0.3 is 19.9 Å². The lowest BCUT2D eigenvalue weighted by Gasteiger charge is -2.08. The zero-order valence-corrected chi connectivity index (χ0v) is 10.6. The first-order valence-electron chi connectivity index (χ1n) is 5.96. The monoisotopic (exact) mass is 258 g/mol. The maximum Gasteiger partial charge on any atom is 0.237 e. The quantitative estimate of drug-likeness (QED) is 0.914. The van der Waals surface area contributed by atoms with E-state index >= 15 is 0 Å². The van der Waals surface area contributed by atoms with Gasteiger partial charge in [0.05, 0.1) is 5.69 Å². The number of anilines is 1. The van der Waals surface area contributed by atoms with E-state index in [1.165, 1.54) is 0 Å². The van der Waals surface area contributed by atoms with E-state index in [-0.39, 0.29) is 6.79 Å². The van der Waals surface area contributed by atoms with Crippen LogP contribution in [0.4, 0.5) is 5.69 Å². The van der Waals surface area contributed by atoms with Gasteiger partial charge in [0.2, 0.25) is 12.7 Å². The van der Waals surface area contributed by atoms with Gasteiger partial charge in [-0.25, -0.2) is 4.98 Å². The van der Waals surface area contributed by atoms with Crippen molar-refractivity contribution in [2.45, 2.75) is 13.5 Å². The van der Waals surface area contributed by atoms with E-state index in [0.29, 0.717) is 18.2 Å². The number of benzene rings is 1. The molecule has 2 heterocycles. The van der Waals surface area contributed by atoms with Crippen LogP contribution in [0.2, 0.25) is 0 Å². The second-order valence-electron chi connectivity index (χ2n) is 4.38. The van der Waals surface area contributed by atoms with Gasteiger partial charge in [-0.15, -0.1) is 0 Å². The maximum atomic E-state index is 5.84. The van der Waals surface area contributed by atoms with Crippen LogP contribution in [0.3, 0.4) is 0 Å². The number of fused-ring (bicyclic) bond motifs is 1. The summed E-state index contributed by atoms with van der Waals surface area (Å²) < 4.78 is 16.2. The molecule has 0 saturated carbocycles. The Bertz CT molecular complexity index is 614. The van der Waals surface area contributed by atoms with E-state index in [2.05, 4.69) is 4.98 Å². The Morgan fingerprint density at radius 2 is 2.11 bits per heavy atom. The highest BCUT2D eigenvalue weighted by Gasteiger charge is 2.13. The van der Waals surface area contributed by atoms with Crippen LogP contribution in [-0.2, 0) is 6.61 Å². The Balaban J connectivity index is 1.72. The van der Waals surface area contributed by atoms with Crippen LogP contribution in [-0.4, -0.2) is 11.8 Å². The van der Waals surface area contributed by atoms with E-state index in [1.54, 1.807) is 6.20 Å². The van der Waals surface area contributed by atoms with Gasteiger partial charge in [0.1, 0.15) is 6.61 Å². The Kier molecular flexibility index (Phi) is 2.87. The molecule has 1 aliphatic heterocycles. The van der Waals surface area contributed by atoms with E-state index in [0.717, 1.165) is 22.6 Å². The van der Waals surface area contributed by atoms with Crippen molar-refractivity contribution in [3.05, 3.63) is 41.6 Å². The smallest absolute Gasteiger partial charge is 0.237 e. The fourth-order valence-electron chi connectivity index (χ4n) is 1.88. The molecule has 0 radical (unpaired) electrons. The molecular weight excluding hydrogens is 244 g/mol. The highest BCUT2D eigenvalue weighted by atomic mass is 16.7. The van der Waals surface area contributed by atoms with Crippen LogP contribution in [0.15, 0.2) is 30.5 Å². The van der Waals surface area contributed by atoms with Gasteiger partial charge in [0, 0.05) is 6.20 Å². The Hall–Kier alpha value is -2.43. The zero-order valence-electron chi connectivity index (χ0n) is 10.6. The molecule has 0 spiro atoms. The van der Waals surface area contributed by atoms with Crippen LogP contribution in [0.1, 0.15) is 11.1 Å². The van der Waals surface area contributed by atoms with E-state index in [1.807, 2.05) is 31.2 Å². The molecule has 98 valence electrons. The van der Waals surface area contributed by atoms with Gasteiger partial charge >= 0.3 is 0 Å². The fourth-order valence-corrected chi connectivity index (χ4v) is 1.88. The molecule has 0 aliphatic carbocycles. The Morgan fingerprint density at radius 1 is 1.26 bits per heavy atom. The lowest BCUT2D eigenvalue weighted by atomic mass is 10.2. The first-order chi connectivity index (χ1) is 9.22. The number of aromatic nitrogens is 1. The third kappa shape index (κ3) is 2.40. The van der Waals surface area contributed by atoms with Gasteiger partial charge in [-0.2, -0.15) is 0 Å².